The van der Waals surface area contributed by atoms with E-state index in [2.05, 4.69) is 155 Å². The number of fused-ring (bicyclic) bond motifs is 6. The van der Waals surface area contributed by atoms with Gasteiger partial charge in [0.25, 0.3) is 0 Å². The largest absolute Gasteiger partial charge is 0.336 e. The Bertz CT molecular complexity index is 2050. The number of rotatable bonds is 4. The summed E-state index contributed by atoms with van der Waals surface area (Å²) in [5.41, 5.74) is 9.94. The van der Waals surface area contributed by atoms with Crippen LogP contribution in [0, 0.1) is 0 Å². The molecule has 0 bridgehead atoms. The van der Waals surface area contributed by atoms with E-state index in [1.54, 1.807) is 0 Å². The summed E-state index contributed by atoms with van der Waals surface area (Å²) in [6, 6.07) is 52.7. The van der Waals surface area contributed by atoms with Crippen LogP contribution in [0.1, 0.15) is 5.56 Å². The van der Waals surface area contributed by atoms with Gasteiger partial charge in [0.2, 0.25) is 0 Å². The highest BCUT2D eigenvalue weighted by Crippen LogP contribution is 2.34. The number of aromatic nitrogens is 2. The van der Waals surface area contributed by atoms with Gasteiger partial charge in [-0.3, -0.25) is 0 Å². The molecule has 2 heterocycles. The maximum Gasteiger partial charge on any atom is 0.0541 e. The van der Waals surface area contributed by atoms with E-state index in [-0.39, 0.29) is 0 Å². The van der Waals surface area contributed by atoms with E-state index in [4.69, 9.17) is 0 Å². The smallest absolute Gasteiger partial charge is 0.0541 e. The normalized spacial score (nSPS) is 11.7. The first-order valence-corrected chi connectivity index (χ1v) is 13.5. The van der Waals surface area contributed by atoms with Gasteiger partial charge in [0.05, 0.1) is 11.0 Å². The highest BCUT2D eigenvalue weighted by atomic mass is 15.0. The monoisotopic (exact) mass is 498 g/mol. The minimum atomic E-state index is 0.828. The Morgan fingerprint density at radius 2 is 0.846 bits per heavy atom. The van der Waals surface area contributed by atoms with Gasteiger partial charge in [0.1, 0.15) is 0 Å². The average molecular weight is 499 g/mol. The minimum Gasteiger partial charge on any atom is -0.336 e. The Labute approximate surface area is 227 Å². The molecule has 0 fully saturated rings. The van der Waals surface area contributed by atoms with Gasteiger partial charge in [0, 0.05) is 44.8 Å². The molecule has 0 aliphatic heterocycles. The Kier molecular flexibility index (Phi) is 4.92. The molecular formula is C37H26N2. The van der Waals surface area contributed by atoms with E-state index < -0.39 is 0 Å². The van der Waals surface area contributed by atoms with E-state index >= 15 is 0 Å². The standard InChI is InChI=1S/C37H26N2/c1-5-19-34-30(15-1)31-16-2-6-20-35(31)38(34)25-26-11-9-12-27(23-26)28-13-10-14-29(24-28)39-36-21-7-3-17-32(36)33-18-4-8-22-37(33)39/h1-24H,25H2. The summed E-state index contributed by atoms with van der Waals surface area (Å²) >= 11 is 0. The van der Waals surface area contributed by atoms with Crippen molar-refractivity contribution in [2.24, 2.45) is 0 Å². The Balaban J connectivity index is 1.23. The van der Waals surface area contributed by atoms with Crippen LogP contribution in [0.5, 0.6) is 0 Å². The molecule has 0 N–H and O–H groups in total. The highest BCUT2D eigenvalue weighted by Gasteiger charge is 2.13. The van der Waals surface area contributed by atoms with Crippen molar-refractivity contribution in [3.05, 3.63) is 151 Å². The molecule has 0 atom stereocenters. The van der Waals surface area contributed by atoms with Gasteiger partial charge in [-0.2, -0.15) is 0 Å². The van der Waals surface area contributed by atoms with Crippen LogP contribution in [-0.2, 0) is 6.54 Å². The Hall–Kier alpha value is -5.08. The molecule has 0 amide bonds. The van der Waals surface area contributed by atoms with E-state index in [0.717, 1.165) is 6.54 Å². The molecule has 0 radical (unpaired) electrons. The van der Waals surface area contributed by atoms with Gasteiger partial charge in [-0.1, -0.05) is 103 Å². The van der Waals surface area contributed by atoms with Gasteiger partial charge >= 0.3 is 0 Å². The predicted octanol–water partition coefficient (Wildman–Crippen LogP) is 9.61. The summed E-state index contributed by atoms with van der Waals surface area (Å²) < 4.78 is 4.83. The fraction of sp³-hybridized carbons (Fsp3) is 0.0270. The van der Waals surface area contributed by atoms with Crippen LogP contribution in [0.2, 0.25) is 0 Å². The third kappa shape index (κ3) is 3.49. The second-order valence-electron chi connectivity index (χ2n) is 10.2. The third-order valence-corrected chi connectivity index (χ3v) is 7.97. The average Bonchev–Trinajstić information content (AvgIpc) is 3.51. The number of hydrogen-bond donors (Lipinski definition) is 0. The zero-order chi connectivity index (χ0) is 25.8. The molecule has 2 heteroatoms. The fourth-order valence-electron chi connectivity index (χ4n) is 6.23. The Morgan fingerprint density at radius 3 is 1.44 bits per heavy atom. The number of nitrogens with zero attached hydrogens (tertiary/aromatic N) is 2. The van der Waals surface area contributed by atoms with Gasteiger partial charge in [-0.05, 0) is 59.2 Å². The summed E-state index contributed by atoms with van der Waals surface area (Å²) in [6.45, 7) is 0.828. The molecule has 6 aromatic carbocycles. The van der Waals surface area contributed by atoms with Crippen LogP contribution >= 0.6 is 0 Å². The van der Waals surface area contributed by atoms with Crippen molar-refractivity contribution in [2.45, 2.75) is 6.54 Å². The van der Waals surface area contributed by atoms with E-state index in [1.165, 1.54) is 66.0 Å². The van der Waals surface area contributed by atoms with Gasteiger partial charge in [0.15, 0.2) is 0 Å². The van der Waals surface area contributed by atoms with Crippen molar-refractivity contribution in [2.75, 3.05) is 0 Å². The second kappa shape index (κ2) is 8.75. The molecular weight excluding hydrogens is 472 g/mol. The summed E-state index contributed by atoms with van der Waals surface area (Å²) in [6.07, 6.45) is 0. The summed E-state index contributed by atoms with van der Waals surface area (Å²) in [4.78, 5) is 0. The quantitative estimate of drug-likeness (QED) is 0.229. The molecule has 2 aromatic heterocycles. The molecule has 8 aromatic rings. The fourth-order valence-corrected chi connectivity index (χ4v) is 6.23. The maximum absolute atomic E-state index is 2.44. The SMILES string of the molecule is c1cc(Cn2c3ccccc3c3ccccc32)cc(-c2cccc(-n3c4ccccc4c4ccccc43)c2)c1. The molecule has 0 unspecified atom stereocenters. The lowest BCUT2D eigenvalue weighted by Gasteiger charge is -2.12. The van der Waals surface area contributed by atoms with E-state index in [1.807, 2.05) is 0 Å². The zero-order valence-corrected chi connectivity index (χ0v) is 21.5. The molecule has 184 valence electrons. The van der Waals surface area contributed by atoms with Crippen LogP contribution in [0.4, 0.5) is 0 Å². The van der Waals surface area contributed by atoms with Crippen molar-refractivity contribution in [1.29, 1.82) is 0 Å². The Morgan fingerprint density at radius 1 is 0.385 bits per heavy atom. The first-order valence-electron chi connectivity index (χ1n) is 13.5. The highest BCUT2D eigenvalue weighted by molar-refractivity contribution is 6.09. The van der Waals surface area contributed by atoms with Crippen LogP contribution in [0.25, 0.3) is 60.4 Å². The number of para-hydroxylation sites is 4. The molecule has 0 spiro atoms. The van der Waals surface area contributed by atoms with Crippen LogP contribution in [0.15, 0.2) is 146 Å². The van der Waals surface area contributed by atoms with Crippen molar-refractivity contribution < 1.29 is 0 Å². The lowest BCUT2D eigenvalue weighted by molar-refractivity contribution is 0.869. The molecule has 8 rings (SSSR count). The van der Waals surface area contributed by atoms with Crippen LogP contribution in [0.3, 0.4) is 0 Å². The van der Waals surface area contributed by atoms with Gasteiger partial charge in [-0.25, -0.2) is 0 Å². The van der Waals surface area contributed by atoms with Gasteiger partial charge < -0.3 is 9.13 Å². The maximum atomic E-state index is 2.44. The molecule has 0 saturated carbocycles. The summed E-state index contributed by atoms with van der Waals surface area (Å²) in [7, 11) is 0. The van der Waals surface area contributed by atoms with Crippen LogP contribution < -0.4 is 0 Å². The summed E-state index contributed by atoms with van der Waals surface area (Å²) in [5.74, 6) is 0. The predicted molar refractivity (Wildman–Crippen MR) is 165 cm³/mol. The van der Waals surface area contributed by atoms with E-state index in [0.29, 0.717) is 0 Å². The number of benzene rings is 6. The third-order valence-electron chi connectivity index (χ3n) is 7.97. The number of hydrogen-bond acceptors (Lipinski definition) is 0. The minimum absolute atomic E-state index is 0.828. The topological polar surface area (TPSA) is 9.86 Å². The van der Waals surface area contributed by atoms with E-state index in [9.17, 15) is 0 Å². The zero-order valence-electron chi connectivity index (χ0n) is 21.5. The first kappa shape index (κ1) is 22.0. The van der Waals surface area contributed by atoms with Crippen molar-refractivity contribution in [3.63, 3.8) is 0 Å². The lowest BCUT2D eigenvalue weighted by Crippen LogP contribution is -1.99. The lowest BCUT2D eigenvalue weighted by atomic mass is 10.0. The molecule has 2 nitrogen and oxygen atoms in total. The summed E-state index contributed by atoms with van der Waals surface area (Å²) in [5, 5.41) is 5.18. The van der Waals surface area contributed by atoms with Crippen molar-refractivity contribution >= 4 is 43.6 Å². The van der Waals surface area contributed by atoms with Crippen LogP contribution in [-0.4, -0.2) is 9.13 Å². The molecule has 0 saturated heterocycles. The molecule has 0 aliphatic carbocycles. The van der Waals surface area contributed by atoms with Crippen molar-refractivity contribution in [1.82, 2.24) is 9.13 Å². The second-order valence-corrected chi connectivity index (χ2v) is 10.2. The van der Waals surface area contributed by atoms with Crippen molar-refractivity contribution in [3.8, 4) is 16.8 Å². The first-order chi connectivity index (χ1) is 19.3. The van der Waals surface area contributed by atoms with Gasteiger partial charge in [-0.15, -0.1) is 0 Å². The molecule has 0 aliphatic rings. The molecule has 39 heavy (non-hydrogen) atoms.